The van der Waals surface area contributed by atoms with Crippen molar-refractivity contribution in [2.75, 3.05) is 0 Å². The Kier molecular flexibility index (Phi) is 7.30. The topological polar surface area (TPSA) is 47.3 Å². The van der Waals surface area contributed by atoms with E-state index in [0.29, 0.717) is 39.6 Å². The van der Waals surface area contributed by atoms with Crippen molar-refractivity contribution in [3.05, 3.63) is 65.7 Å². The van der Waals surface area contributed by atoms with Crippen LogP contribution in [0.5, 0.6) is 11.6 Å². The Balaban J connectivity index is 2.00. The molecule has 4 aromatic rings. The molecule has 0 unspecified atom stereocenters. The van der Waals surface area contributed by atoms with Crippen molar-refractivity contribution in [3.8, 4) is 11.6 Å². The summed E-state index contributed by atoms with van der Waals surface area (Å²) in [6.07, 6.45) is 3.77. The summed E-state index contributed by atoms with van der Waals surface area (Å²) in [6.45, 7) is 14.0. The first-order chi connectivity index (χ1) is 16.6. The van der Waals surface area contributed by atoms with Gasteiger partial charge in [0.05, 0.1) is 11.9 Å². The van der Waals surface area contributed by atoms with E-state index >= 15 is 0 Å². The molecule has 0 bridgehead atoms. The molecule has 0 radical (unpaired) electrons. The molecule has 7 heteroatoms. The number of alkyl halides is 1. The molecule has 0 spiro atoms. The molecule has 0 aliphatic heterocycles. The van der Waals surface area contributed by atoms with Crippen molar-refractivity contribution in [1.29, 1.82) is 0 Å². The Hall–Kier alpha value is -2.38. The molecule has 0 amide bonds. The van der Waals surface area contributed by atoms with Gasteiger partial charge in [0.25, 0.3) is 8.32 Å². The largest absolute Gasteiger partial charge is 0.541 e. The molecule has 0 fully saturated rings. The van der Waals surface area contributed by atoms with Crippen LogP contribution in [0.25, 0.3) is 21.7 Å². The van der Waals surface area contributed by atoms with Crippen molar-refractivity contribution >= 4 is 45.9 Å². The fourth-order valence-corrected chi connectivity index (χ4v) is 11.4. The Morgan fingerprint density at radius 3 is 2.23 bits per heavy atom. The van der Waals surface area contributed by atoms with Crippen LogP contribution in [0, 0.1) is 5.82 Å². The first kappa shape index (κ1) is 25.7. The summed E-state index contributed by atoms with van der Waals surface area (Å²) < 4.78 is 22.4. The van der Waals surface area contributed by atoms with Gasteiger partial charge in [-0.15, -0.1) is 0 Å². The van der Waals surface area contributed by atoms with E-state index in [9.17, 15) is 9.50 Å². The van der Waals surface area contributed by atoms with Gasteiger partial charge in [-0.25, -0.2) is 4.39 Å². The van der Waals surface area contributed by atoms with E-state index in [0.717, 1.165) is 27.4 Å². The number of nitrogens with zero attached hydrogens (tertiary/aromatic N) is 2. The van der Waals surface area contributed by atoms with Gasteiger partial charge < -0.3 is 14.1 Å². The second-order valence-corrected chi connectivity index (χ2v) is 16.2. The minimum Gasteiger partial charge on any atom is -0.541 e. The Morgan fingerprint density at radius 1 is 1.03 bits per heavy atom. The van der Waals surface area contributed by atoms with E-state index in [1.165, 1.54) is 12.1 Å². The first-order valence-electron chi connectivity index (χ1n) is 12.2. The lowest BCUT2D eigenvalue weighted by molar-refractivity contribution is 0.427. The molecule has 4 rings (SSSR count). The van der Waals surface area contributed by atoms with Gasteiger partial charge in [0.2, 0.25) is 5.88 Å². The van der Waals surface area contributed by atoms with E-state index < -0.39 is 8.32 Å². The number of pyridine rings is 1. The molecular formula is C28H34BrFN2O2Si. The third-order valence-electron chi connectivity index (χ3n) is 7.30. The van der Waals surface area contributed by atoms with Crippen molar-refractivity contribution in [2.24, 2.45) is 0 Å². The monoisotopic (exact) mass is 556 g/mol. The summed E-state index contributed by atoms with van der Waals surface area (Å²) in [6, 6.07) is 10.5. The van der Waals surface area contributed by atoms with Crippen molar-refractivity contribution in [3.63, 3.8) is 0 Å². The van der Waals surface area contributed by atoms with Gasteiger partial charge in [0.1, 0.15) is 17.1 Å². The number of halogens is 2. The summed E-state index contributed by atoms with van der Waals surface area (Å²) in [5.41, 5.74) is 3.92. The van der Waals surface area contributed by atoms with Crippen LogP contribution in [-0.2, 0) is 11.9 Å². The minimum atomic E-state index is -2.34. The molecular weight excluding hydrogens is 523 g/mol. The van der Waals surface area contributed by atoms with Crippen LogP contribution >= 0.6 is 15.9 Å². The van der Waals surface area contributed by atoms with Gasteiger partial charge in [-0.05, 0) is 52.0 Å². The molecule has 2 aromatic heterocycles. The highest BCUT2D eigenvalue weighted by Crippen LogP contribution is 2.48. The van der Waals surface area contributed by atoms with Gasteiger partial charge in [-0.1, -0.05) is 69.6 Å². The van der Waals surface area contributed by atoms with Crippen LogP contribution < -0.4 is 4.43 Å². The second-order valence-electron chi connectivity index (χ2n) is 10.3. The average molecular weight is 558 g/mol. The standard InChI is InChI=1S/C28H34BrFN2O2Si/c1-17(2)35(18(3)4,19(5)6)34-27-25-22(13-24-21(14-29)11-12-31-26(24)27)16-32(28(25)33)15-20-7-9-23(30)10-8-20/h7-13,16-19,33H,14-15H2,1-6H3. The van der Waals surface area contributed by atoms with Gasteiger partial charge in [0, 0.05) is 28.5 Å². The minimum absolute atomic E-state index is 0.145. The zero-order chi connectivity index (χ0) is 25.5. The highest BCUT2D eigenvalue weighted by atomic mass is 79.9. The van der Waals surface area contributed by atoms with Crippen molar-refractivity contribution in [1.82, 2.24) is 9.55 Å². The molecule has 186 valence electrons. The van der Waals surface area contributed by atoms with E-state index in [-0.39, 0.29) is 11.7 Å². The van der Waals surface area contributed by atoms with Crippen LogP contribution in [0.2, 0.25) is 16.6 Å². The van der Waals surface area contributed by atoms with E-state index in [4.69, 9.17) is 9.41 Å². The van der Waals surface area contributed by atoms with E-state index in [1.54, 1.807) is 16.7 Å². The van der Waals surface area contributed by atoms with Crippen LogP contribution in [0.3, 0.4) is 0 Å². The van der Waals surface area contributed by atoms with E-state index in [2.05, 4.69) is 63.5 Å². The third-order valence-corrected chi connectivity index (χ3v) is 13.9. The number of aromatic hydroxyl groups is 1. The molecule has 0 saturated heterocycles. The van der Waals surface area contributed by atoms with Crippen LogP contribution in [0.15, 0.2) is 48.8 Å². The highest BCUT2D eigenvalue weighted by Gasteiger charge is 2.47. The number of benzene rings is 2. The molecule has 4 nitrogen and oxygen atoms in total. The normalized spacial score (nSPS) is 12.5. The Labute approximate surface area is 216 Å². The summed E-state index contributed by atoms with van der Waals surface area (Å²) in [5, 5.41) is 14.8. The lowest BCUT2D eigenvalue weighted by Gasteiger charge is -2.42. The third kappa shape index (κ3) is 4.49. The molecule has 0 atom stereocenters. The van der Waals surface area contributed by atoms with Crippen LogP contribution in [-0.4, -0.2) is 23.0 Å². The maximum absolute atomic E-state index is 13.4. The number of rotatable bonds is 8. The summed E-state index contributed by atoms with van der Waals surface area (Å²) >= 11 is 3.62. The fourth-order valence-electron chi connectivity index (χ4n) is 5.69. The van der Waals surface area contributed by atoms with Gasteiger partial charge >= 0.3 is 0 Å². The number of fused-ring (bicyclic) bond motifs is 2. The SMILES string of the molecule is CC(C)[Si](Oc1c2nccc(CBr)c2cc2cn(Cc3ccc(F)cc3)c(O)c12)(C(C)C)C(C)C. The summed E-state index contributed by atoms with van der Waals surface area (Å²) in [7, 11) is -2.34. The first-order valence-corrected chi connectivity index (χ1v) is 15.5. The van der Waals surface area contributed by atoms with Gasteiger partial charge in [-0.3, -0.25) is 4.98 Å². The van der Waals surface area contributed by atoms with Gasteiger partial charge in [-0.2, -0.15) is 0 Å². The number of hydrogen-bond donors (Lipinski definition) is 1. The molecule has 0 saturated carbocycles. The predicted octanol–water partition coefficient (Wildman–Crippen LogP) is 8.53. The summed E-state index contributed by atoms with van der Waals surface area (Å²) in [4.78, 5) is 4.76. The smallest absolute Gasteiger partial charge is 0.258 e. The van der Waals surface area contributed by atoms with Crippen LogP contribution in [0.4, 0.5) is 4.39 Å². The molecule has 1 N–H and O–H groups in total. The molecule has 2 heterocycles. The zero-order valence-electron chi connectivity index (χ0n) is 21.3. The maximum Gasteiger partial charge on any atom is 0.258 e. The molecule has 35 heavy (non-hydrogen) atoms. The average Bonchev–Trinajstić information content (AvgIpc) is 3.12. The molecule has 2 aromatic carbocycles. The molecule has 0 aliphatic carbocycles. The lowest BCUT2D eigenvalue weighted by Crippen LogP contribution is -2.50. The van der Waals surface area contributed by atoms with Crippen LogP contribution in [0.1, 0.15) is 52.7 Å². The fraction of sp³-hybridized carbons (Fsp3) is 0.393. The second kappa shape index (κ2) is 9.94. The highest BCUT2D eigenvalue weighted by molar-refractivity contribution is 9.08. The van der Waals surface area contributed by atoms with Gasteiger partial charge in [0.15, 0.2) is 0 Å². The Bertz CT molecular complexity index is 1330. The molecule has 0 aliphatic rings. The van der Waals surface area contributed by atoms with Crippen molar-refractivity contribution < 1.29 is 13.9 Å². The number of aromatic nitrogens is 2. The maximum atomic E-state index is 13.4. The van der Waals surface area contributed by atoms with E-state index in [1.807, 2.05) is 18.5 Å². The Morgan fingerprint density at radius 2 is 1.66 bits per heavy atom. The predicted molar refractivity (Wildman–Crippen MR) is 149 cm³/mol. The van der Waals surface area contributed by atoms with Crippen molar-refractivity contribution in [2.45, 2.75) is 70.0 Å². The zero-order valence-corrected chi connectivity index (χ0v) is 23.9. The summed E-state index contributed by atoms with van der Waals surface area (Å²) in [5.74, 6) is 0.549. The lowest BCUT2D eigenvalue weighted by atomic mass is 10.1. The number of hydrogen-bond acceptors (Lipinski definition) is 3. The quantitative estimate of drug-likeness (QED) is 0.174.